The van der Waals surface area contributed by atoms with E-state index in [4.69, 9.17) is 0 Å². The summed E-state index contributed by atoms with van der Waals surface area (Å²) >= 11 is 0. The molecule has 8 amide bonds. The second-order valence-corrected chi connectivity index (χ2v) is 8.26. The first-order chi connectivity index (χ1) is 14.6. The number of urea groups is 2. The molecule has 31 heavy (non-hydrogen) atoms. The quantitative estimate of drug-likeness (QED) is 0.509. The first-order valence-electron chi connectivity index (χ1n) is 10.9. The van der Waals surface area contributed by atoms with Crippen LogP contribution in [0.25, 0.3) is 0 Å². The van der Waals surface area contributed by atoms with Crippen LogP contribution in [0.4, 0.5) is 9.59 Å². The second kappa shape index (κ2) is 10.0. The molecular weight excluding hydrogens is 404 g/mol. The van der Waals surface area contributed by atoms with E-state index in [1.165, 1.54) is 14.1 Å². The van der Waals surface area contributed by atoms with E-state index in [2.05, 4.69) is 0 Å². The van der Waals surface area contributed by atoms with Crippen molar-refractivity contribution < 1.29 is 28.8 Å². The summed E-state index contributed by atoms with van der Waals surface area (Å²) in [6.07, 6.45) is 3.55. The first kappa shape index (κ1) is 24.5. The Kier molecular flexibility index (Phi) is 7.91. The van der Waals surface area contributed by atoms with Crippen LogP contribution in [0.15, 0.2) is 0 Å². The van der Waals surface area contributed by atoms with E-state index in [1.54, 1.807) is 6.92 Å². The van der Waals surface area contributed by atoms with Crippen LogP contribution < -0.4 is 0 Å². The predicted octanol–water partition coefficient (Wildman–Crippen LogP) is 1.83. The fourth-order valence-corrected chi connectivity index (χ4v) is 3.98. The van der Waals surface area contributed by atoms with Crippen molar-refractivity contribution in [3.05, 3.63) is 0 Å². The van der Waals surface area contributed by atoms with Gasteiger partial charge < -0.3 is 0 Å². The van der Waals surface area contributed by atoms with Crippen molar-refractivity contribution in [2.45, 2.75) is 65.3 Å². The third-order valence-electron chi connectivity index (χ3n) is 5.95. The molecule has 0 aliphatic carbocycles. The number of nitrogens with zero attached hydrogens (tertiary/aromatic N) is 4. The Balaban J connectivity index is 2.25. The molecule has 2 aliphatic heterocycles. The molecule has 3 atom stereocenters. The minimum atomic E-state index is -0.959. The van der Waals surface area contributed by atoms with Crippen LogP contribution >= 0.6 is 0 Å². The highest BCUT2D eigenvalue weighted by atomic mass is 16.2. The van der Waals surface area contributed by atoms with Crippen molar-refractivity contribution in [3.63, 3.8) is 0 Å². The van der Waals surface area contributed by atoms with Crippen molar-refractivity contribution >= 4 is 35.7 Å². The second-order valence-electron chi connectivity index (χ2n) is 8.26. The number of unbranched alkanes of at least 4 members (excludes halogenated alkanes) is 2. The summed E-state index contributed by atoms with van der Waals surface area (Å²) in [4.78, 5) is 79.7. The highest BCUT2D eigenvalue weighted by Crippen LogP contribution is 2.26. The monoisotopic (exact) mass is 436 g/mol. The first-order valence-corrected chi connectivity index (χ1v) is 10.9. The Morgan fingerprint density at radius 1 is 0.710 bits per heavy atom. The fraction of sp³-hybridized carbons (Fsp3) is 0.714. The van der Waals surface area contributed by atoms with Crippen molar-refractivity contribution in [3.8, 4) is 0 Å². The van der Waals surface area contributed by atoms with Crippen molar-refractivity contribution in [1.29, 1.82) is 0 Å². The van der Waals surface area contributed by atoms with E-state index in [-0.39, 0.29) is 6.54 Å². The van der Waals surface area contributed by atoms with Gasteiger partial charge in [-0.1, -0.05) is 39.5 Å². The number of carbonyl (C=O) groups excluding carboxylic acids is 6. The molecule has 10 heteroatoms. The van der Waals surface area contributed by atoms with E-state index in [9.17, 15) is 28.8 Å². The van der Waals surface area contributed by atoms with E-state index in [0.717, 1.165) is 32.4 Å². The maximum atomic E-state index is 13.0. The molecule has 0 radical (unpaired) electrons. The predicted molar refractivity (Wildman–Crippen MR) is 110 cm³/mol. The molecule has 0 spiro atoms. The van der Waals surface area contributed by atoms with Crippen LogP contribution in [-0.2, 0) is 19.2 Å². The summed E-state index contributed by atoms with van der Waals surface area (Å²) < 4.78 is 0. The molecule has 2 aliphatic rings. The molecule has 3 unspecified atom stereocenters. The molecule has 2 fully saturated rings. The smallest absolute Gasteiger partial charge is 0.273 e. The third-order valence-corrected chi connectivity index (χ3v) is 5.95. The van der Waals surface area contributed by atoms with Crippen LogP contribution in [0.5, 0.6) is 0 Å². The van der Waals surface area contributed by atoms with Crippen LogP contribution in [0.3, 0.4) is 0 Å². The van der Waals surface area contributed by atoms with Crippen LogP contribution in [0.2, 0.25) is 0 Å². The number of rotatable bonds is 9. The lowest BCUT2D eigenvalue weighted by molar-refractivity contribution is -0.154. The topological polar surface area (TPSA) is 115 Å². The minimum Gasteiger partial charge on any atom is -0.273 e. The minimum absolute atomic E-state index is 0.238. The molecule has 0 aromatic heterocycles. The number of imide groups is 4. The molecule has 2 heterocycles. The Labute approximate surface area is 182 Å². The molecule has 2 saturated heterocycles. The van der Waals surface area contributed by atoms with E-state index >= 15 is 0 Å². The molecule has 0 N–H and O–H groups in total. The Morgan fingerprint density at radius 2 is 1.16 bits per heavy atom. The highest BCUT2D eigenvalue weighted by molar-refractivity contribution is 6.17. The van der Waals surface area contributed by atoms with E-state index in [1.807, 2.05) is 13.8 Å². The summed E-state index contributed by atoms with van der Waals surface area (Å²) in [6, 6.07) is -2.40. The van der Waals surface area contributed by atoms with E-state index < -0.39 is 53.6 Å². The molecule has 0 aromatic rings. The van der Waals surface area contributed by atoms with Gasteiger partial charge in [0, 0.05) is 14.1 Å². The van der Waals surface area contributed by atoms with Crippen LogP contribution in [0, 0.1) is 11.8 Å². The lowest BCUT2D eigenvalue weighted by Gasteiger charge is -2.41. The van der Waals surface area contributed by atoms with Gasteiger partial charge in [0.05, 0.1) is 12.6 Å². The molecule has 0 saturated carbocycles. The molecular formula is C21H32N4O6. The van der Waals surface area contributed by atoms with Gasteiger partial charge in [-0.2, -0.15) is 0 Å². The largest absolute Gasteiger partial charge is 0.333 e. The normalized spacial score (nSPS) is 23.9. The highest BCUT2D eigenvalue weighted by Gasteiger charge is 2.48. The average Bonchev–Trinajstić information content (AvgIpc) is 2.74. The Hall–Kier alpha value is -2.78. The zero-order chi connectivity index (χ0) is 23.5. The van der Waals surface area contributed by atoms with Gasteiger partial charge in [-0.15, -0.1) is 0 Å². The summed E-state index contributed by atoms with van der Waals surface area (Å²) in [6.45, 7) is 5.19. The molecule has 172 valence electrons. The van der Waals surface area contributed by atoms with Gasteiger partial charge in [0.2, 0.25) is 23.6 Å². The zero-order valence-corrected chi connectivity index (χ0v) is 18.9. The summed E-state index contributed by atoms with van der Waals surface area (Å²) in [7, 11) is 2.64. The Morgan fingerprint density at radius 3 is 1.65 bits per heavy atom. The summed E-state index contributed by atoms with van der Waals surface area (Å²) in [5.74, 6) is -4.22. The average molecular weight is 437 g/mol. The van der Waals surface area contributed by atoms with Gasteiger partial charge >= 0.3 is 12.1 Å². The molecule has 0 bridgehead atoms. The number of amides is 8. The Bertz CT molecular complexity index is 782. The zero-order valence-electron chi connectivity index (χ0n) is 18.9. The SMILES string of the molecule is CCCCC1C(=O)N(C)C(=O)N(CC(C)N2C(=O)C(CCCC)C(=O)N(C)C2=O)C1=O. The van der Waals surface area contributed by atoms with Gasteiger partial charge in [0.1, 0.15) is 11.8 Å². The number of barbiturate groups is 2. The maximum absolute atomic E-state index is 13.0. The summed E-state index contributed by atoms with van der Waals surface area (Å²) in [5, 5.41) is 0. The standard InChI is InChI=1S/C21H32N4O6/c1-6-8-10-14-16(26)22(4)20(30)24(18(14)28)12-13(3)25-19(29)15(11-9-7-2)17(27)23(5)21(25)31/h13-15H,6-12H2,1-5H3. The third kappa shape index (κ3) is 4.62. The van der Waals surface area contributed by atoms with Gasteiger partial charge in [0.25, 0.3) is 0 Å². The van der Waals surface area contributed by atoms with Gasteiger partial charge in [-0.05, 0) is 19.8 Å². The van der Waals surface area contributed by atoms with Crippen molar-refractivity contribution in [1.82, 2.24) is 19.6 Å². The molecule has 2 rings (SSSR count). The maximum Gasteiger partial charge on any atom is 0.333 e. The number of hydrogen-bond acceptors (Lipinski definition) is 6. The van der Waals surface area contributed by atoms with Crippen molar-refractivity contribution in [2.75, 3.05) is 20.6 Å². The van der Waals surface area contributed by atoms with Gasteiger partial charge in [-0.3, -0.25) is 38.8 Å². The fourth-order valence-electron chi connectivity index (χ4n) is 3.98. The lowest BCUT2D eigenvalue weighted by Crippen LogP contribution is -2.65. The molecule has 10 nitrogen and oxygen atoms in total. The van der Waals surface area contributed by atoms with Gasteiger partial charge in [-0.25, -0.2) is 9.59 Å². The van der Waals surface area contributed by atoms with Crippen LogP contribution in [0.1, 0.15) is 59.3 Å². The lowest BCUT2D eigenvalue weighted by atomic mass is 9.95. The summed E-state index contributed by atoms with van der Waals surface area (Å²) in [5.41, 5.74) is 0. The number of hydrogen-bond donors (Lipinski definition) is 0. The van der Waals surface area contributed by atoms with Crippen LogP contribution in [-0.4, -0.2) is 82.0 Å². The van der Waals surface area contributed by atoms with E-state index in [0.29, 0.717) is 25.7 Å². The number of carbonyl (C=O) groups is 6. The van der Waals surface area contributed by atoms with Gasteiger partial charge in [0.15, 0.2) is 0 Å². The van der Waals surface area contributed by atoms with Crippen molar-refractivity contribution in [2.24, 2.45) is 11.8 Å². The molecule has 0 aromatic carbocycles.